The van der Waals surface area contributed by atoms with Gasteiger partial charge in [0.15, 0.2) is 0 Å². The van der Waals surface area contributed by atoms with Gasteiger partial charge in [-0.05, 0) is 38.2 Å². The first kappa shape index (κ1) is 17.6. The number of methoxy groups -OCH3 is 1. The van der Waals surface area contributed by atoms with Crippen molar-refractivity contribution in [1.29, 1.82) is 0 Å². The molecular weight excluding hydrogens is 298 g/mol. The number of hydrogen-bond acceptors (Lipinski definition) is 3. The van der Waals surface area contributed by atoms with Gasteiger partial charge in [-0.25, -0.2) is 0 Å². The van der Waals surface area contributed by atoms with E-state index in [0.29, 0.717) is 17.6 Å². The predicted octanol–water partition coefficient (Wildman–Crippen LogP) is 4.06. The number of benzene rings is 1. The molecule has 1 saturated heterocycles. The normalized spacial score (nSPS) is 32.5. The smallest absolute Gasteiger partial charge is 0.132 e. The molecule has 1 heterocycles. The minimum absolute atomic E-state index is 0.132. The van der Waals surface area contributed by atoms with Crippen LogP contribution in [0.1, 0.15) is 51.0 Å². The molecule has 4 rings (SSSR count). The summed E-state index contributed by atoms with van der Waals surface area (Å²) in [5, 5.41) is 0. The molecule has 3 aliphatic rings. The van der Waals surface area contributed by atoms with Crippen molar-refractivity contribution in [1.82, 2.24) is 4.90 Å². The Morgan fingerprint density at radius 3 is 2.12 bits per heavy atom. The standard InChI is InChI=1S/C16H23NO.C5H8O/c1-16(18-2)14-8-9-15(16)12-17(11-14)10-13-6-4-3-5-7-13;6-5-3-1-2-4-5/h3-7,14-15H,8-12H2,1-2H3;1-4H2. The lowest BCUT2D eigenvalue weighted by Crippen LogP contribution is -2.52. The lowest BCUT2D eigenvalue weighted by Gasteiger charge is -2.44. The van der Waals surface area contributed by atoms with E-state index < -0.39 is 0 Å². The average molecular weight is 329 g/mol. The molecule has 2 unspecified atom stereocenters. The zero-order valence-electron chi connectivity index (χ0n) is 15.2. The van der Waals surface area contributed by atoms with Crippen molar-refractivity contribution in [2.45, 2.75) is 57.6 Å². The van der Waals surface area contributed by atoms with Crippen LogP contribution in [0.2, 0.25) is 0 Å². The van der Waals surface area contributed by atoms with Gasteiger partial charge >= 0.3 is 0 Å². The number of ketones is 1. The fourth-order valence-corrected chi connectivity index (χ4v) is 4.63. The Kier molecular flexibility index (Phi) is 5.72. The summed E-state index contributed by atoms with van der Waals surface area (Å²) < 4.78 is 5.84. The molecule has 2 atom stereocenters. The van der Waals surface area contributed by atoms with E-state index in [0.717, 1.165) is 32.2 Å². The molecule has 1 aromatic rings. The molecule has 2 saturated carbocycles. The van der Waals surface area contributed by atoms with Crippen molar-refractivity contribution in [3.63, 3.8) is 0 Å². The third kappa shape index (κ3) is 3.89. The Balaban J connectivity index is 0.000000238. The summed E-state index contributed by atoms with van der Waals surface area (Å²) in [7, 11) is 1.89. The molecule has 0 amide bonds. The highest BCUT2D eigenvalue weighted by molar-refractivity contribution is 5.80. The molecule has 132 valence electrons. The van der Waals surface area contributed by atoms with Gasteiger partial charge in [-0.15, -0.1) is 0 Å². The molecule has 1 aromatic carbocycles. The summed E-state index contributed by atoms with van der Waals surface area (Å²) in [6, 6.07) is 10.8. The Morgan fingerprint density at radius 2 is 1.67 bits per heavy atom. The van der Waals surface area contributed by atoms with Crippen molar-refractivity contribution in [3.05, 3.63) is 35.9 Å². The molecule has 3 fully saturated rings. The van der Waals surface area contributed by atoms with Gasteiger partial charge in [-0.3, -0.25) is 9.69 Å². The molecule has 0 N–H and O–H groups in total. The molecule has 0 aromatic heterocycles. The van der Waals surface area contributed by atoms with E-state index >= 15 is 0 Å². The minimum atomic E-state index is 0.132. The van der Waals surface area contributed by atoms with E-state index in [1.807, 2.05) is 7.11 Å². The first-order valence-corrected chi connectivity index (χ1v) is 9.45. The molecule has 1 aliphatic heterocycles. The highest BCUT2D eigenvalue weighted by Crippen LogP contribution is 2.47. The van der Waals surface area contributed by atoms with E-state index in [4.69, 9.17) is 4.74 Å². The predicted molar refractivity (Wildman–Crippen MR) is 96.8 cm³/mol. The van der Waals surface area contributed by atoms with Crippen molar-refractivity contribution < 1.29 is 9.53 Å². The molecule has 3 heteroatoms. The van der Waals surface area contributed by atoms with Crippen LogP contribution in [0.15, 0.2) is 30.3 Å². The van der Waals surface area contributed by atoms with Gasteiger partial charge in [0.25, 0.3) is 0 Å². The fourth-order valence-electron chi connectivity index (χ4n) is 4.63. The van der Waals surface area contributed by atoms with E-state index in [1.54, 1.807) is 0 Å². The maximum atomic E-state index is 10.2. The zero-order chi connectivity index (χ0) is 17.0. The van der Waals surface area contributed by atoms with Crippen LogP contribution in [-0.2, 0) is 16.1 Å². The molecule has 3 nitrogen and oxygen atoms in total. The zero-order valence-corrected chi connectivity index (χ0v) is 15.2. The number of likely N-dealkylation sites (tertiary alicyclic amines) is 1. The summed E-state index contributed by atoms with van der Waals surface area (Å²) >= 11 is 0. The monoisotopic (exact) mass is 329 g/mol. The largest absolute Gasteiger partial charge is 0.378 e. The van der Waals surface area contributed by atoms with Crippen LogP contribution in [0, 0.1) is 11.8 Å². The number of piperidine rings is 1. The Hall–Kier alpha value is -1.19. The lowest BCUT2D eigenvalue weighted by molar-refractivity contribution is -0.117. The number of carbonyl (C=O) groups is 1. The van der Waals surface area contributed by atoms with Crippen molar-refractivity contribution in [2.24, 2.45) is 11.8 Å². The molecule has 0 spiro atoms. The van der Waals surface area contributed by atoms with E-state index in [-0.39, 0.29) is 5.60 Å². The van der Waals surface area contributed by atoms with Gasteiger partial charge in [-0.2, -0.15) is 0 Å². The summed E-state index contributed by atoms with van der Waals surface area (Å²) in [4.78, 5) is 12.9. The number of carbonyl (C=O) groups excluding carboxylic acids is 1. The fraction of sp³-hybridized carbons (Fsp3) is 0.667. The number of hydrogen-bond donors (Lipinski definition) is 0. The van der Waals surface area contributed by atoms with Crippen LogP contribution in [0.5, 0.6) is 0 Å². The summed E-state index contributed by atoms with van der Waals surface area (Å²) in [6.45, 7) is 5.79. The van der Waals surface area contributed by atoms with Gasteiger partial charge in [0, 0.05) is 51.4 Å². The van der Waals surface area contributed by atoms with E-state index in [9.17, 15) is 4.79 Å². The highest BCUT2D eigenvalue weighted by atomic mass is 16.5. The van der Waals surface area contributed by atoms with Gasteiger partial charge in [-0.1, -0.05) is 30.3 Å². The molecular formula is C21H31NO2. The van der Waals surface area contributed by atoms with Crippen LogP contribution in [0.3, 0.4) is 0 Å². The van der Waals surface area contributed by atoms with Crippen LogP contribution >= 0.6 is 0 Å². The van der Waals surface area contributed by atoms with Crippen molar-refractivity contribution in [2.75, 3.05) is 20.2 Å². The van der Waals surface area contributed by atoms with Gasteiger partial charge in [0.1, 0.15) is 5.78 Å². The SMILES string of the molecule is COC1(C)C2CCC1CN(Cc1ccccc1)C2.O=C1CCCC1. The second-order valence-electron chi connectivity index (χ2n) is 7.78. The summed E-state index contributed by atoms with van der Waals surface area (Å²) in [6.07, 6.45) is 6.64. The number of ether oxygens (including phenoxy) is 1. The Labute approximate surface area is 146 Å². The molecule has 2 bridgehead atoms. The summed E-state index contributed by atoms with van der Waals surface area (Å²) in [5.74, 6) is 1.88. The van der Waals surface area contributed by atoms with E-state index in [1.165, 1.54) is 31.5 Å². The third-order valence-electron chi connectivity index (χ3n) is 6.29. The van der Waals surface area contributed by atoms with Gasteiger partial charge < -0.3 is 4.74 Å². The van der Waals surface area contributed by atoms with Gasteiger partial charge in [0.05, 0.1) is 5.60 Å². The second-order valence-corrected chi connectivity index (χ2v) is 7.78. The third-order valence-corrected chi connectivity index (χ3v) is 6.29. The molecule has 24 heavy (non-hydrogen) atoms. The van der Waals surface area contributed by atoms with E-state index in [2.05, 4.69) is 42.2 Å². The number of nitrogens with zero attached hydrogens (tertiary/aromatic N) is 1. The number of Topliss-reactive ketones (excluding diaryl/α,β-unsaturated/α-hetero) is 1. The van der Waals surface area contributed by atoms with Crippen LogP contribution in [-0.4, -0.2) is 36.5 Å². The highest BCUT2D eigenvalue weighted by Gasteiger charge is 2.51. The maximum Gasteiger partial charge on any atom is 0.132 e. The number of rotatable bonds is 3. The number of fused-ring (bicyclic) bond motifs is 2. The Morgan fingerprint density at radius 1 is 1.08 bits per heavy atom. The van der Waals surface area contributed by atoms with Gasteiger partial charge in [0.2, 0.25) is 0 Å². The van der Waals surface area contributed by atoms with Crippen LogP contribution < -0.4 is 0 Å². The quantitative estimate of drug-likeness (QED) is 0.837. The lowest BCUT2D eigenvalue weighted by atomic mass is 9.81. The minimum Gasteiger partial charge on any atom is -0.378 e. The molecule has 2 aliphatic carbocycles. The first-order chi connectivity index (χ1) is 11.6. The first-order valence-electron chi connectivity index (χ1n) is 9.45. The van der Waals surface area contributed by atoms with Crippen LogP contribution in [0.4, 0.5) is 0 Å². The maximum absolute atomic E-state index is 10.2. The summed E-state index contributed by atoms with van der Waals surface area (Å²) in [5.41, 5.74) is 1.56. The van der Waals surface area contributed by atoms with Crippen molar-refractivity contribution >= 4 is 5.78 Å². The van der Waals surface area contributed by atoms with Crippen LogP contribution in [0.25, 0.3) is 0 Å². The molecule has 0 radical (unpaired) electrons. The topological polar surface area (TPSA) is 29.5 Å². The average Bonchev–Trinajstić information content (AvgIpc) is 3.11. The Bertz CT molecular complexity index is 520. The van der Waals surface area contributed by atoms with Crippen molar-refractivity contribution in [3.8, 4) is 0 Å². The second kappa shape index (κ2) is 7.79.